The summed E-state index contributed by atoms with van der Waals surface area (Å²) in [6, 6.07) is 7.43. The molecule has 164 valence electrons. The maximum atomic E-state index is 11.8. The van der Waals surface area contributed by atoms with Crippen molar-refractivity contribution in [1.82, 2.24) is 0 Å². The van der Waals surface area contributed by atoms with E-state index >= 15 is 0 Å². The molecule has 0 aliphatic heterocycles. The lowest BCUT2D eigenvalue weighted by molar-refractivity contribution is 0.103. The number of ether oxygens (including phenoxy) is 2. The van der Waals surface area contributed by atoms with Gasteiger partial charge in [0.05, 0.1) is 17.1 Å². The predicted molar refractivity (Wildman–Crippen MR) is 115 cm³/mol. The lowest BCUT2D eigenvalue weighted by Crippen LogP contribution is -2.20. The molecule has 1 aliphatic rings. The van der Waals surface area contributed by atoms with Crippen molar-refractivity contribution in [3.05, 3.63) is 46.4 Å². The molecule has 0 spiro atoms. The van der Waals surface area contributed by atoms with Crippen molar-refractivity contribution in [3.8, 4) is 11.5 Å². The Kier molecular flexibility index (Phi) is 7.02. The van der Waals surface area contributed by atoms with E-state index in [1.54, 1.807) is 0 Å². The van der Waals surface area contributed by atoms with Gasteiger partial charge in [-0.3, -0.25) is 4.55 Å². The number of benzene rings is 2. The molecule has 2 aromatic rings. The van der Waals surface area contributed by atoms with Crippen molar-refractivity contribution < 1.29 is 32.7 Å². The van der Waals surface area contributed by atoms with Crippen molar-refractivity contribution in [2.75, 3.05) is 13.2 Å². The van der Waals surface area contributed by atoms with Gasteiger partial charge in [-0.25, -0.2) is 0 Å². The van der Waals surface area contributed by atoms with Crippen LogP contribution in [0.2, 0.25) is 0 Å². The average molecular weight is 437 g/mol. The van der Waals surface area contributed by atoms with Crippen molar-refractivity contribution in [1.29, 1.82) is 0 Å². The highest BCUT2D eigenvalue weighted by Crippen LogP contribution is 2.44. The van der Waals surface area contributed by atoms with Crippen LogP contribution in [0, 0.1) is 0 Å². The number of rotatable bonds is 9. The van der Waals surface area contributed by atoms with Crippen LogP contribution in [-0.4, -0.2) is 48.6 Å². The van der Waals surface area contributed by atoms with Crippen molar-refractivity contribution in [2.45, 2.75) is 51.7 Å². The number of hydrogen-bond donors (Lipinski definition) is 3. The Morgan fingerprint density at radius 2 is 1.43 bits per heavy atom. The molecule has 7 nitrogen and oxygen atoms in total. The maximum Gasteiger partial charge on any atom is 0.290 e. The molecular weight excluding hydrogens is 408 g/mol. The molecule has 0 radical (unpaired) electrons. The summed E-state index contributed by atoms with van der Waals surface area (Å²) in [5.74, 6) is 1.05. The quantitative estimate of drug-likeness (QED) is 0.518. The van der Waals surface area contributed by atoms with Crippen LogP contribution in [0.15, 0.2) is 35.2 Å². The van der Waals surface area contributed by atoms with Crippen LogP contribution in [0.4, 0.5) is 0 Å². The van der Waals surface area contributed by atoms with Crippen molar-refractivity contribution >= 4 is 20.9 Å². The summed E-state index contributed by atoms with van der Waals surface area (Å²) in [5.41, 5.74) is 1.36. The van der Waals surface area contributed by atoms with E-state index in [1.807, 2.05) is 38.1 Å². The first-order valence-corrected chi connectivity index (χ1v) is 11.5. The Bertz CT molecular complexity index is 1040. The number of fused-ring (bicyclic) bond motifs is 2. The fourth-order valence-electron chi connectivity index (χ4n) is 3.46. The summed E-state index contributed by atoms with van der Waals surface area (Å²) in [7, 11) is -4.34. The first kappa shape index (κ1) is 22.6. The van der Waals surface area contributed by atoms with Crippen molar-refractivity contribution in [3.63, 3.8) is 0 Å². The minimum Gasteiger partial charge on any atom is -0.490 e. The first-order chi connectivity index (χ1) is 14.3. The normalized spacial score (nSPS) is 16.0. The Labute approximate surface area is 176 Å². The van der Waals surface area contributed by atoms with Gasteiger partial charge in [-0.15, -0.1) is 0 Å². The minimum atomic E-state index is -4.34. The molecule has 0 saturated heterocycles. The molecule has 2 unspecified atom stereocenters. The molecule has 0 fully saturated rings. The molecular formula is C22H28O7S. The second kappa shape index (κ2) is 9.34. The van der Waals surface area contributed by atoms with E-state index in [4.69, 9.17) is 9.47 Å². The average Bonchev–Trinajstić information content (AvgIpc) is 2.74. The second-order valence-electron chi connectivity index (χ2n) is 7.43. The first-order valence-electron chi connectivity index (χ1n) is 10.1. The summed E-state index contributed by atoms with van der Waals surface area (Å²) in [4.78, 5) is -0.0919. The van der Waals surface area contributed by atoms with E-state index in [9.17, 15) is 23.2 Å². The highest BCUT2D eigenvalue weighted by Gasteiger charge is 2.28. The second-order valence-corrected chi connectivity index (χ2v) is 8.91. The molecule has 0 saturated carbocycles. The molecule has 3 rings (SSSR count). The van der Waals surface area contributed by atoms with E-state index in [-0.39, 0.29) is 31.0 Å². The molecule has 8 heteroatoms. The Morgan fingerprint density at radius 1 is 0.933 bits per heavy atom. The lowest BCUT2D eigenvalue weighted by atomic mass is 9.90. The van der Waals surface area contributed by atoms with Crippen LogP contribution in [0.3, 0.4) is 0 Å². The molecule has 3 N–H and O–H groups in total. The Hall–Kier alpha value is -2.13. The largest absolute Gasteiger partial charge is 0.490 e. The summed E-state index contributed by atoms with van der Waals surface area (Å²) >= 11 is 0. The van der Waals surface area contributed by atoms with E-state index in [1.165, 1.54) is 6.08 Å². The molecule has 2 atom stereocenters. The Balaban J connectivity index is 2.17. The topological polar surface area (TPSA) is 113 Å². The van der Waals surface area contributed by atoms with E-state index in [0.29, 0.717) is 29.9 Å². The lowest BCUT2D eigenvalue weighted by Gasteiger charge is -2.26. The van der Waals surface area contributed by atoms with Crippen LogP contribution in [0.1, 0.15) is 37.8 Å². The monoisotopic (exact) mass is 436 g/mol. The van der Waals surface area contributed by atoms with Gasteiger partial charge in [-0.2, -0.15) is 8.42 Å². The van der Waals surface area contributed by atoms with Crippen LogP contribution < -0.4 is 9.47 Å². The zero-order valence-corrected chi connectivity index (χ0v) is 18.0. The molecule has 2 aromatic carbocycles. The third-order valence-corrected chi connectivity index (χ3v) is 6.30. The van der Waals surface area contributed by atoms with E-state index in [2.05, 4.69) is 0 Å². The van der Waals surface area contributed by atoms with Crippen LogP contribution in [-0.2, 0) is 23.0 Å². The number of aliphatic hydroxyl groups excluding tert-OH is 2. The van der Waals surface area contributed by atoms with Gasteiger partial charge in [0, 0.05) is 28.3 Å². The number of hydrogen-bond acceptors (Lipinski definition) is 6. The van der Waals surface area contributed by atoms with Gasteiger partial charge in [-0.05, 0) is 19.3 Å². The molecule has 1 aliphatic carbocycles. The van der Waals surface area contributed by atoms with Crippen LogP contribution >= 0.6 is 0 Å². The van der Waals surface area contributed by atoms with Gasteiger partial charge in [0.15, 0.2) is 0 Å². The number of aliphatic hydroxyl groups is 2. The summed E-state index contributed by atoms with van der Waals surface area (Å²) in [5, 5.41) is 21.4. The smallest absolute Gasteiger partial charge is 0.290 e. The summed E-state index contributed by atoms with van der Waals surface area (Å²) < 4.78 is 45.1. The fourth-order valence-corrected chi connectivity index (χ4v) is 4.09. The minimum absolute atomic E-state index is 0.0384. The third-order valence-electron chi connectivity index (χ3n) is 5.33. The molecule has 0 heterocycles. The van der Waals surface area contributed by atoms with Gasteiger partial charge in [0.25, 0.3) is 10.1 Å². The molecule has 30 heavy (non-hydrogen) atoms. The summed E-state index contributed by atoms with van der Waals surface area (Å²) in [6.45, 7) is 3.87. The van der Waals surface area contributed by atoms with Crippen LogP contribution in [0.25, 0.3) is 10.8 Å². The SMILES string of the molecule is CCC(O)COc1c2c(c(OCC(O)CC)c3ccccc13)CC(S(=O)(=O)O)=CC2. The predicted octanol–water partition coefficient (Wildman–Crippen LogP) is 3.01. The van der Waals surface area contributed by atoms with E-state index in [0.717, 1.165) is 16.3 Å². The molecule has 0 amide bonds. The van der Waals surface area contributed by atoms with Gasteiger partial charge in [0.1, 0.15) is 24.7 Å². The third kappa shape index (κ3) is 4.78. The van der Waals surface area contributed by atoms with Crippen LogP contribution in [0.5, 0.6) is 11.5 Å². The van der Waals surface area contributed by atoms with Gasteiger partial charge in [0.2, 0.25) is 0 Å². The van der Waals surface area contributed by atoms with E-state index < -0.39 is 22.3 Å². The zero-order chi connectivity index (χ0) is 21.9. The van der Waals surface area contributed by atoms with Gasteiger partial charge in [-0.1, -0.05) is 44.2 Å². The highest BCUT2D eigenvalue weighted by molar-refractivity contribution is 7.89. The summed E-state index contributed by atoms with van der Waals surface area (Å²) in [6.07, 6.45) is 1.45. The standard InChI is InChI=1S/C22H28O7S/c1-3-14(23)12-28-21-17-7-5-6-8-18(17)22(29-13-15(24)4-2)20-11-16(30(25,26)27)9-10-19(20)21/h5-9,14-15,23-24H,3-4,10-13H2,1-2H3,(H,25,26,27). The number of allylic oxidation sites excluding steroid dienone is 2. The molecule has 0 aromatic heterocycles. The zero-order valence-electron chi connectivity index (χ0n) is 17.2. The fraction of sp³-hybridized carbons (Fsp3) is 0.455. The van der Waals surface area contributed by atoms with Gasteiger partial charge >= 0.3 is 0 Å². The highest BCUT2D eigenvalue weighted by atomic mass is 32.2. The Morgan fingerprint density at radius 3 is 1.90 bits per heavy atom. The van der Waals surface area contributed by atoms with Gasteiger partial charge < -0.3 is 19.7 Å². The molecule has 0 bridgehead atoms. The van der Waals surface area contributed by atoms with Crippen molar-refractivity contribution in [2.24, 2.45) is 0 Å². The maximum absolute atomic E-state index is 11.8.